The van der Waals surface area contributed by atoms with Crippen LogP contribution in [0, 0.1) is 10.1 Å². The molecule has 7 nitrogen and oxygen atoms in total. The van der Waals surface area contributed by atoms with Crippen LogP contribution in [-0.4, -0.2) is 19.5 Å². The summed E-state index contributed by atoms with van der Waals surface area (Å²) in [6, 6.07) is 4.54. The van der Waals surface area contributed by atoms with E-state index >= 15 is 0 Å². The second-order valence-electron chi connectivity index (χ2n) is 3.72. The summed E-state index contributed by atoms with van der Waals surface area (Å²) in [6.45, 7) is 0. The van der Waals surface area contributed by atoms with E-state index in [1.807, 2.05) is 0 Å². The van der Waals surface area contributed by atoms with Crippen molar-refractivity contribution in [1.82, 2.24) is 14.6 Å². The van der Waals surface area contributed by atoms with Crippen LogP contribution >= 0.6 is 22.9 Å². The van der Waals surface area contributed by atoms with Gasteiger partial charge in [-0.1, -0.05) is 29.0 Å². The molecule has 0 unspecified atom stereocenters. The van der Waals surface area contributed by atoms with Crippen molar-refractivity contribution >= 4 is 38.7 Å². The first-order chi connectivity index (χ1) is 9.04. The van der Waals surface area contributed by atoms with Gasteiger partial charge in [-0.2, -0.15) is 0 Å². The van der Waals surface area contributed by atoms with Gasteiger partial charge in [-0.05, 0) is 6.07 Å². The largest absolute Gasteiger partial charge is 0.374 e. The van der Waals surface area contributed by atoms with Gasteiger partial charge in [0.2, 0.25) is 10.1 Å². The molecule has 0 atom stereocenters. The van der Waals surface area contributed by atoms with Crippen LogP contribution in [0.1, 0.15) is 0 Å². The summed E-state index contributed by atoms with van der Waals surface area (Å²) in [5, 5.41) is 15.4. The summed E-state index contributed by atoms with van der Waals surface area (Å²) >= 11 is 7.00. The zero-order chi connectivity index (χ0) is 13.6. The van der Waals surface area contributed by atoms with E-state index in [1.165, 1.54) is 28.0 Å². The van der Waals surface area contributed by atoms with Gasteiger partial charge in [-0.3, -0.25) is 10.1 Å². The molecule has 9 heteroatoms. The predicted molar refractivity (Wildman–Crippen MR) is 72.4 cm³/mol. The number of rotatable bonds is 2. The molecule has 96 valence electrons. The molecule has 0 radical (unpaired) electrons. The molecule has 2 heterocycles. The molecule has 2 N–H and O–H groups in total. The second-order valence-corrected chi connectivity index (χ2v) is 5.11. The molecule has 3 aromatic rings. The summed E-state index contributed by atoms with van der Waals surface area (Å²) in [5.41, 5.74) is 6.58. The van der Waals surface area contributed by atoms with E-state index in [0.717, 1.165) is 0 Å². The number of nitro benzene ring substituents is 1. The molecule has 0 saturated carbocycles. The van der Waals surface area contributed by atoms with Crippen molar-refractivity contribution in [2.24, 2.45) is 0 Å². The number of nitrogens with zero attached hydrogens (tertiary/aromatic N) is 4. The van der Waals surface area contributed by atoms with E-state index in [2.05, 4.69) is 10.1 Å². The molecule has 0 spiro atoms. The predicted octanol–water partition coefficient (Wildman–Crippen LogP) is 2.60. The molecule has 0 aliphatic carbocycles. The third-order valence-electron chi connectivity index (χ3n) is 2.50. The molecule has 19 heavy (non-hydrogen) atoms. The molecular formula is C10H6ClN5O2S. The molecule has 0 bridgehead atoms. The van der Waals surface area contributed by atoms with Gasteiger partial charge >= 0.3 is 0 Å². The number of hydrogen-bond donors (Lipinski definition) is 1. The van der Waals surface area contributed by atoms with Crippen LogP contribution in [0.15, 0.2) is 24.4 Å². The topological polar surface area (TPSA) is 99.3 Å². The number of fused-ring (bicyclic) bond motifs is 1. The Morgan fingerprint density at radius 1 is 1.47 bits per heavy atom. The first-order valence-corrected chi connectivity index (χ1v) is 6.30. The first-order valence-electron chi connectivity index (χ1n) is 5.10. The fourth-order valence-electron chi connectivity index (χ4n) is 1.67. The van der Waals surface area contributed by atoms with Crippen molar-refractivity contribution in [2.75, 3.05) is 5.73 Å². The Bertz CT molecular complexity index is 765. The lowest BCUT2D eigenvalue weighted by Gasteiger charge is -1.98. The number of nitrogens with two attached hydrogens (primary N) is 1. The van der Waals surface area contributed by atoms with Crippen LogP contribution in [0.4, 0.5) is 10.8 Å². The number of nitrogen functional groups attached to an aromatic ring is 1. The summed E-state index contributed by atoms with van der Waals surface area (Å²) in [4.78, 5) is 15.3. The van der Waals surface area contributed by atoms with Gasteiger partial charge in [-0.25, -0.2) is 9.50 Å². The lowest BCUT2D eigenvalue weighted by Crippen LogP contribution is -1.90. The van der Waals surface area contributed by atoms with Crippen LogP contribution < -0.4 is 5.73 Å². The van der Waals surface area contributed by atoms with Crippen LogP contribution in [-0.2, 0) is 0 Å². The third-order valence-corrected chi connectivity index (χ3v) is 3.57. The van der Waals surface area contributed by atoms with Crippen molar-refractivity contribution in [3.63, 3.8) is 0 Å². The van der Waals surface area contributed by atoms with Gasteiger partial charge in [0.25, 0.3) is 5.69 Å². The molecule has 0 fully saturated rings. The Labute approximate surface area is 115 Å². The van der Waals surface area contributed by atoms with E-state index in [-0.39, 0.29) is 10.7 Å². The number of hydrogen-bond acceptors (Lipinski definition) is 6. The van der Waals surface area contributed by atoms with E-state index in [1.54, 1.807) is 12.3 Å². The van der Waals surface area contributed by atoms with Crippen molar-refractivity contribution in [3.05, 3.63) is 39.5 Å². The average molecular weight is 296 g/mol. The summed E-state index contributed by atoms with van der Waals surface area (Å²) in [5.74, 6) is 0. The lowest BCUT2D eigenvalue weighted by atomic mass is 10.1. The second kappa shape index (κ2) is 4.18. The number of halogens is 1. The maximum Gasteiger partial charge on any atom is 0.288 e. The SMILES string of the molecule is Nc1nn2cc(-c3ccc(Cl)c([N+](=O)[O-])c3)nc2s1. The van der Waals surface area contributed by atoms with Gasteiger partial charge in [-0.15, -0.1) is 5.10 Å². The Kier molecular flexibility index (Phi) is 2.61. The lowest BCUT2D eigenvalue weighted by molar-refractivity contribution is -0.384. The van der Waals surface area contributed by atoms with E-state index in [0.29, 0.717) is 21.3 Å². The van der Waals surface area contributed by atoms with Crippen LogP contribution in [0.3, 0.4) is 0 Å². The minimum atomic E-state index is -0.527. The zero-order valence-corrected chi connectivity index (χ0v) is 10.9. The highest BCUT2D eigenvalue weighted by molar-refractivity contribution is 7.20. The van der Waals surface area contributed by atoms with Crippen LogP contribution in [0.25, 0.3) is 16.2 Å². The minimum Gasteiger partial charge on any atom is -0.374 e. The maximum atomic E-state index is 10.8. The molecule has 0 aliphatic rings. The quantitative estimate of drug-likeness (QED) is 0.578. The normalized spacial score (nSPS) is 11.0. The van der Waals surface area contributed by atoms with Crippen molar-refractivity contribution in [2.45, 2.75) is 0 Å². The number of benzene rings is 1. The Morgan fingerprint density at radius 2 is 2.26 bits per heavy atom. The zero-order valence-electron chi connectivity index (χ0n) is 9.28. The standard InChI is InChI=1S/C10H6ClN5O2S/c11-6-2-1-5(3-8(6)16(17)18)7-4-15-10(13-7)19-9(12)14-15/h1-4H,(H2,12,14). The fraction of sp³-hybridized carbons (Fsp3) is 0. The molecule has 0 amide bonds. The highest BCUT2D eigenvalue weighted by Crippen LogP contribution is 2.30. The highest BCUT2D eigenvalue weighted by atomic mass is 35.5. The Hall–Kier alpha value is -2.19. The molecule has 2 aromatic heterocycles. The van der Waals surface area contributed by atoms with E-state index < -0.39 is 4.92 Å². The average Bonchev–Trinajstić information content (AvgIpc) is 2.86. The van der Waals surface area contributed by atoms with E-state index in [4.69, 9.17) is 17.3 Å². The maximum absolute atomic E-state index is 10.8. The van der Waals surface area contributed by atoms with Crippen molar-refractivity contribution in [1.29, 1.82) is 0 Å². The van der Waals surface area contributed by atoms with Crippen molar-refractivity contribution in [3.8, 4) is 11.3 Å². The molecule has 1 aromatic carbocycles. The van der Waals surface area contributed by atoms with Gasteiger partial charge in [0.05, 0.1) is 16.8 Å². The van der Waals surface area contributed by atoms with Gasteiger partial charge in [0.1, 0.15) is 5.02 Å². The monoisotopic (exact) mass is 295 g/mol. The first kappa shape index (κ1) is 11.9. The van der Waals surface area contributed by atoms with Gasteiger partial charge in [0.15, 0.2) is 0 Å². The van der Waals surface area contributed by atoms with Gasteiger partial charge in [0, 0.05) is 11.6 Å². The smallest absolute Gasteiger partial charge is 0.288 e. The summed E-state index contributed by atoms with van der Waals surface area (Å²) < 4.78 is 1.54. The van der Waals surface area contributed by atoms with Crippen LogP contribution in [0.5, 0.6) is 0 Å². The number of anilines is 1. The highest BCUT2D eigenvalue weighted by Gasteiger charge is 2.15. The summed E-state index contributed by atoms with van der Waals surface area (Å²) in [6.07, 6.45) is 1.66. The number of imidazole rings is 1. The molecular weight excluding hydrogens is 290 g/mol. The Morgan fingerprint density at radius 3 is 2.95 bits per heavy atom. The molecule has 0 aliphatic heterocycles. The van der Waals surface area contributed by atoms with Gasteiger partial charge < -0.3 is 5.73 Å². The molecule has 3 rings (SSSR count). The number of nitro groups is 1. The summed E-state index contributed by atoms with van der Waals surface area (Å²) in [7, 11) is 0. The third kappa shape index (κ3) is 2.00. The fourth-order valence-corrected chi connectivity index (χ4v) is 2.50. The van der Waals surface area contributed by atoms with Crippen molar-refractivity contribution < 1.29 is 4.92 Å². The number of aromatic nitrogens is 3. The Balaban J connectivity index is 2.12. The van der Waals surface area contributed by atoms with Crippen LogP contribution in [0.2, 0.25) is 5.02 Å². The van der Waals surface area contributed by atoms with E-state index in [9.17, 15) is 10.1 Å². The molecule has 0 saturated heterocycles. The minimum absolute atomic E-state index is 0.0946.